The van der Waals surface area contributed by atoms with Gasteiger partial charge < -0.3 is 5.32 Å². The number of amides is 2. The summed E-state index contributed by atoms with van der Waals surface area (Å²) in [5.74, 6) is -0.206. The maximum atomic E-state index is 12.2. The topological polar surface area (TPSA) is 49.4 Å². The first-order valence-corrected chi connectivity index (χ1v) is 7.51. The lowest BCUT2D eigenvalue weighted by Crippen LogP contribution is -2.48. The normalized spacial score (nSPS) is 17.8. The molecule has 114 valence electrons. The largest absolute Gasteiger partial charge is 0.367 e. The van der Waals surface area contributed by atoms with Crippen LogP contribution in [0, 0.1) is 5.41 Å². The van der Waals surface area contributed by atoms with E-state index >= 15 is 0 Å². The van der Waals surface area contributed by atoms with Crippen molar-refractivity contribution >= 4 is 28.3 Å². The Morgan fingerprint density at radius 2 is 1.64 bits per heavy atom. The van der Waals surface area contributed by atoms with Crippen molar-refractivity contribution in [3.8, 4) is 0 Å². The van der Waals surface area contributed by atoms with Gasteiger partial charge in [-0.05, 0) is 16.9 Å². The molecule has 0 aliphatic carbocycles. The van der Waals surface area contributed by atoms with Crippen molar-refractivity contribution in [3.63, 3.8) is 0 Å². The molecule has 1 aliphatic rings. The Balaban J connectivity index is 1.77. The quantitative estimate of drug-likeness (QED) is 0.883. The number of hydrogen-bond donors (Lipinski definition) is 1. The van der Waals surface area contributed by atoms with Gasteiger partial charge in [0.2, 0.25) is 11.8 Å². The number of benzene rings is 2. The van der Waals surface area contributed by atoms with E-state index in [4.69, 9.17) is 0 Å². The van der Waals surface area contributed by atoms with Gasteiger partial charge in [0.05, 0.1) is 6.67 Å². The summed E-state index contributed by atoms with van der Waals surface area (Å²) in [6, 6.07) is 14.0. The Labute approximate surface area is 130 Å². The van der Waals surface area contributed by atoms with E-state index < -0.39 is 0 Å². The molecule has 0 bridgehead atoms. The molecule has 3 rings (SSSR count). The fraction of sp³-hybridized carbons (Fsp3) is 0.333. The first-order chi connectivity index (χ1) is 10.5. The van der Waals surface area contributed by atoms with Crippen LogP contribution in [0.4, 0.5) is 5.69 Å². The maximum absolute atomic E-state index is 12.2. The molecular weight excluding hydrogens is 276 g/mol. The SMILES string of the molecule is CC1(C)CC(=O)N(CNc2cccc3ccccc23)C(=O)C1. The molecule has 1 aliphatic heterocycles. The fourth-order valence-electron chi connectivity index (χ4n) is 2.93. The number of nitrogens with zero attached hydrogens (tertiary/aromatic N) is 1. The third-order valence-electron chi connectivity index (χ3n) is 4.08. The predicted octanol–water partition coefficient (Wildman–Crippen LogP) is 3.38. The van der Waals surface area contributed by atoms with Crippen molar-refractivity contribution in [2.45, 2.75) is 26.7 Å². The summed E-state index contributed by atoms with van der Waals surface area (Å²) in [5, 5.41) is 5.44. The number of hydrogen-bond acceptors (Lipinski definition) is 3. The van der Waals surface area contributed by atoms with Gasteiger partial charge >= 0.3 is 0 Å². The molecule has 0 saturated carbocycles. The molecule has 0 unspecified atom stereocenters. The maximum Gasteiger partial charge on any atom is 0.231 e. The molecule has 1 fully saturated rings. The van der Waals surface area contributed by atoms with Crippen LogP contribution < -0.4 is 5.32 Å². The summed E-state index contributed by atoms with van der Waals surface area (Å²) in [7, 11) is 0. The van der Waals surface area contributed by atoms with Crippen LogP contribution in [-0.4, -0.2) is 23.4 Å². The lowest BCUT2D eigenvalue weighted by atomic mass is 9.82. The molecular formula is C18H20N2O2. The van der Waals surface area contributed by atoms with E-state index in [1.165, 1.54) is 4.90 Å². The average Bonchev–Trinajstić information content (AvgIpc) is 2.45. The smallest absolute Gasteiger partial charge is 0.231 e. The molecule has 1 saturated heterocycles. The van der Waals surface area contributed by atoms with Gasteiger partial charge in [-0.15, -0.1) is 0 Å². The number of carbonyl (C=O) groups excluding carboxylic acids is 2. The first kappa shape index (κ1) is 14.6. The Morgan fingerprint density at radius 3 is 2.36 bits per heavy atom. The van der Waals surface area contributed by atoms with E-state index in [9.17, 15) is 9.59 Å². The lowest BCUT2D eigenvalue weighted by molar-refractivity contribution is -0.151. The third kappa shape index (κ3) is 2.82. The van der Waals surface area contributed by atoms with Crippen LogP contribution in [0.3, 0.4) is 0 Å². The van der Waals surface area contributed by atoms with Crippen molar-refractivity contribution < 1.29 is 9.59 Å². The highest BCUT2D eigenvalue weighted by Crippen LogP contribution is 2.31. The van der Waals surface area contributed by atoms with Gasteiger partial charge in [0.25, 0.3) is 0 Å². The van der Waals surface area contributed by atoms with Crippen molar-refractivity contribution in [2.24, 2.45) is 5.41 Å². The zero-order valence-electron chi connectivity index (χ0n) is 12.9. The van der Waals surface area contributed by atoms with Crippen LogP contribution in [0.1, 0.15) is 26.7 Å². The molecule has 0 atom stereocenters. The monoisotopic (exact) mass is 296 g/mol. The van der Waals surface area contributed by atoms with E-state index in [0.29, 0.717) is 12.8 Å². The van der Waals surface area contributed by atoms with Crippen molar-refractivity contribution in [1.29, 1.82) is 0 Å². The highest BCUT2D eigenvalue weighted by Gasteiger charge is 2.37. The molecule has 0 aromatic heterocycles. The van der Waals surface area contributed by atoms with Gasteiger partial charge in [0, 0.05) is 23.9 Å². The van der Waals surface area contributed by atoms with Crippen LogP contribution in [0.25, 0.3) is 10.8 Å². The fourth-order valence-corrected chi connectivity index (χ4v) is 2.93. The second-order valence-electron chi connectivity index (χ2n) is 6.59. The lowest BCUT2D eigenvalue weighted by Gasteiger charge is -2.34. The third-order valence-corrected chi connectivity index (χ3v) is 4.08. The van der Waals surface area contributed by atoms with Gasteiger partial charge in [-0.25, -0.2) is 0 Å². The molecule has 4 heteroatoms. The second kappa shape index (κ2) is 5.44. The van der Waals surface area contributed by atoms with Crippen molar-refractivity contribution in [1.82, 2.24) is 4.90 Å². The van der Waals surface area contributed by atoms with Gasteiger partial charge in [0.1, 0.15) is 0 Å². The van der Waals surface area contributed by atoms with Crippen LogP contribution in [0.2, 0.25) is 0 Å². The predicted molar refractivity (Wildman–Crippen MR) is 87.3 cm³/mol. The Kier molecular flexibility index (Phi) is 3.61. The van der Waals surface area contributed by atoms with Gasteiger partial charge in [-0.2, -0.15) is 0 Å². The van der Waals surface area contributed by atoms with E-state index in [2.05, 4.69) is 5.32 Å². The van der Waals surface area contributed by atoms with E-state index in [0.717, 1.165) is 16.5 Å². The first-order valence-electron chi connectivity index (χ1n) is 7.51. The molecule has 1 heterocycles. The highest BCUT2D eigenvalue weighted by molar-refractivity contribution is 5.99. The zero-order chi connectivity index (χ0) is 15.7. The summed E-state index contributed by atoms with van der Waals surface area (Å²) in [5.41, 5.74) is 0.702. The van der Waals surface area contributed by atoms with Crippen LogP contribution >= 0.6 is 0 Å². The Morgan fingerprint density at radius 1 is 1.00 bits per heavy atom. The van der Waals surface area contributed by atoms with Crippen molar-refractivity contribution in [3.05, 3.63) is 42.5 Å². The zero-order valence-corrected chi connectivity index (χ0v) is 12.9. The minimum Gasteiger partial charge on any atom is -0.367 e. The summed E-state index contributed by atoms with van der Waals surface area (Å²) in [6.45, 7) is 4.14. The number of imide groups is 1. The molecule has 0 radical (unpaired) electrons. The summed E-state index contributed by atoms with van der Waals surface area (Å²) >= 11 is 0. The number of carbonyl (C=O) groups is 2. The van der Waals surface area contributed by atoms with Gasteiger partial charge in [-0.3, -0.25) is 14.5 Å². The van der Waals surface area contributed by atoms with Crippen LogP contribution in [0.5, 0.6) is 0 Å². The summed E-state index contributed by atoms with van der Waals surface area (Å²) in [4.78, 5) is 25.7. The summed E-state index contributed by atoms with van der Waals surface area (Å²) in [6.07, 6.45) is 0.825. The number of rotatable bonds is 3. The highest BCUT2D eigenvalue weighted by atomic mass is 16.2. The average molecular weight is 296 g/mol. The number of piperidine rings is 1. The molecule has 22 heavy (non-hydrogen) atoms. The number of nitrogens with one attached hydrogen (secondary N) is 1. The minimum atomic E-state index is -0.232. The van der Waals surface area contributed by atoms with E-state index in [-0.39, 0.29) is 23.9 Å². The molecule has 0 spiro atoms. The van der Waals surface area contributed by atoms with Crippen LogP contribution in [0.15, 0.2) is 42.5 Å². The standard InChI is InChI=1S/C18H20N2O2/c1-18(2)10-16(21)20(17(22)11-18)12-19-15-9-5-7-13-6-3-4-8-14(13)15/h3-9,19H,10-12H2,1-2H3. The molecule has 2 aromatic carbocycles. The Bertz CT molecular complexity index is 711. The molecule has 1 N–H and O–H groups in total. The number of anilines is 1. The molecule has 4 nitrogen and oxygen atoms in total. The number of fused-ring (bicyclic) bond motifs is 1. The minimum absolute atomic E-state index is 0.103. The van der Waals surface area contributed by atoms with Gasteiger partial charge in [0.15, 0.2) is 0 Å². The second-order valence-corrected chi connectivity index (χ2v) is 6.59. The van der Waals surface area contributed by atoms with E-state index in [1.54, 1.807) is 0 Å². The van der Waals surface area contributed by atoms with E-state index in [1.807, 2.05) is 56.3 Å². The van der Waals surface area contributed by atoms with Gasteiger partial charge in [-0.1, -0.05) is 50.2 Å². The van der Waals surface area contributed by atoms with Crippen molar-refractivity contribution in [2.75, 3.05) is 12.0 Å². The summed E-state index contributed by atoms with van der Waals surface area (Å²) < 4.78 is 0. The molecule has 2 aromatic rings. The molecule has 2 amide bonds. The van der Waals surface area contributed by atoms with Crippen LogP contribution in [-0.2, 0) is 9.59 Å². The Hall–Kier alpha value is -2.36. The number of likely N-dealkylation sites (tertiary alicyclic amines) is 1.